The summed E-state index contributed by atoms with van der Waals surface area (Å²) in [6, 6.07) is 0. The summed E-state index contributed by atoms with van der Waals surface area (Å²) in [4.78, 5) is 0. The minimum absolute atomic E-state index is 0.0185. The fraction of sp³-hybridized carbons (Fsp3) is 1.00. The van der Waals surface area contributed by atoms with E-state index in [4.69, 9.17) is 5.11 Å². The van der Waals surface area contributed by atoms with Crippen LogP contribution in [-0.2, 0) is 0 Å². The van der Waals surface area contributed by atoms with Crippen LogP contribution in [0, 0.1) is 0 Å². The molecular weight excluding hydrogens is 90.1 g/mol. The topological polar surface area (TPSA) is 20.2 Å². The van der Waals surface area contributed by atoms with Gasteiger partial charge >= 0.3 is 0 Å². The van der Waals surface area contributed by atoms with E-state index in [1.807, 2.05) is 0 Å². The van der Waals surface area contributed by atoms with Gasteiger partial charge in [-0.2, -0.15) is 0 Å². The predicted octanol–water partition coefficient (Wildman–Crippen LogP) is -0.563. The second-order valence-corrected chi connectivity index (χ2v) is 2.95. The highest BCUT2D eigenvalue weighted by atomic mass is 16.3. The molecule has 0 aromatic rings. The lowest BCUT2D eigenvalue weighted by Gasteiger charge is -2.41. The van der Waals surface area contributed by atoms with Crippen molar-refractivity contribution in [1.82, 2.24) is 0 Å². The molecule has 0 saturated carbocycles. The molecule has 1 aliphatic rings. The molecule has 0 unspecified atom stereocenters. The molecule has 0 aromatic heterocycles. The van der Waals surface area contributed by atoms with Crippen LogP contribution in [0.1, 0.15) is 0 Å². The number of nitrogens with zero attached hydrogens (tertiary/aromatic N) is 1. The van der Waals surface area contributed by atoms with Gasteiger partial charge in [-0.25, -0.2) is 0 Å². The minimum Gasteiger partial charge on any atom is -0.382 e. The number of quaternary nitrogens is 1. The summed E-state index contributed by atoms with van der Waals surface area (Å²) in [5.74, 6) is 0. The van der Waals surface area contributed by atoms with Crippen LogP contribution in [0.25, 0.3) is 0 Å². The van der Waals surface area contributed by atoms with E-state index in [1.54, 1.807) is 0 Å². The molecule has 1 fully saturated rings. The van der Waals surface area contributed by atoms with Crippen molar-refractivity contribution in [3.8, 4) is 0 Å². The molecule has 1 rings (SSSR count). The van der Waals surface area contributed by atoms with Crippen molar-refractivity contribution >= 4 is 0 Å². The molecule has 2 heteroatoms. The number of likely N-dealkylation sites (tertiary alicyclic amines) is 1. The van der Waals surface area contributed by atoms with Crippen LogP contribution in [-0.4, -0.2) is 42.9 Å². The van der Waals surface area contributed by atoms with Crippen molar-refractivity contribution < 1.29 is 9.59 Å². The van der Waals surface area contributed by atoms with Crippen molar-refractivity contribution in [2.24, 2.45) is 0 Å². The molecule has 1 heterocycles. The van der Waals surface area contributed by atoms with Crippen LogP contribution in [0.5, 0.6) is 0 Å². The highest BCUT2D eigenvalue weighted by Gasteiger charge is 2.34. The van der Waals surface area contributed by atoms with Gasteiger partial charge in [-0.1, -0.05) is 0 Å². The molecule has 1 saturated heterocycles. The average Bonchev–Trinajstić information content (AvgIpc) is 1.27. The molecule has 0 aliphatic carbocycles. The Bertz CT molecular complexity index is 72.1. The molecule has 0 bridgehead atoms. The van der Waals surface area contributed by atoms with E-state index >= 15 is 0 Å². The summed E-state index contributed by atoms with van der Waals surface area (Å²) in [6.45, 7) is 1.86. The highest BCUT2D eigenvalue weighted by Crippen LogP contribution is 2.11. The molecule has 0 spiro atoms. The molecule has 0 amide bonds. The lowest BCUT2D eigenvalue weighted by Crippen LogP contribution is -2.61. The number of hydrogen-bond donors (Lipinski definition) is 1. The zero-order valence-electron chi connectivity index (χ0n) is 4.89. The van der Waals surface area contributed by atoms with E-state index < -0.39 is 0 Å². The Labute approximate surface area is 44.0 Å². The molecular formula is C5H12NO+. The van der Waals surface area contributed by atoms with Crippen LogP contribution in [0.4, 0.5) is 0 Å². The first-order chi connectivity index (χ1) is 3.10. The van der Waals surface area contributed by atoms with Gasteiger partial charge in [0.1, 0.15) is 13.1 Å². The van der Waals surface area contributed by atoms with Crippen molar-refractivity contribution in [3.63, 3.8) is 0 Å². The van der Waals surface area contributed by atoms with Crippen molar-refractivity contribution in [3.05, 3.63) is 0 Å². The highest BCUT2D eigenvalue weighted by molar-refractivity contribution is 4.61. The van der Waals surface area contributed by atoms with E-state index in [-0.39, 0.29) is 6.10 Å². The number of aliphatic hydroxyl groups is 1. The van der Waals surface area contributed by atoms with Gasteiger partial charge in [0.25, 0.3) is 0 Å². The smallest absolute Gasteiger partial charge is 0.152 e. The third-order valence-electron chi connectivity index (χ3n) is 1.41. The first-order valence-electron chi connectivity index (χ1n) is 2.60. The van der Waals surface area contributed by atoms with Crippen molar-refractivity contribution in [2.45, 2.75) is 6.10 Å². The summed E-state index contributed by atoms with van der Waals surface area (Å²) < 4.78 is 0.987. The van der Waals surface area contributed by atoms with Gasteiger partial charge in [-0.05, 0) is 0 Å². The first-order valence-corrected chi connectivity index (χ1v) is 2.60. The molecule has 7 heavy (non-hydrogen) atoms. The van der Waals surface area contributed by atoms with Gasteiger partial charge in [-0.3, -0.25) is 0 Å². The molecule has 1 N–H and O–H groups in total. The summed E-state index contributed by atoms with van der Waals surface area (Å²) in [5, 5.41) is 8.77. The Hall–Kier alpha value is -0.0800. The molecule has 0 aromatic carbocycles. The molecule has 1 aliphatic heterocycles. The lowest BCUT2D eigenvalue weighted by atomic mass is 10.1. The monoisotopic (exact) mass is 102 g/mol. The molecule has 42 valence electrons. The molecule has 0 atom stereocenters. The lowest BCUT2D eigenvalue weighted by molar-refractivity contribution is -0.937. The van der Waals surface area contributed by atoms with Gasteiger partial charge in [-0.15, -0.1) is 0 Å². The van der Waals surface area contributed by atoms with E-state index in [9.17, 15) is 0 Å². The fourth-order valence-corrected chi connectivity index (χ4v) is 1.09. The maximum Gasteiger partial charge on any atom is 0.152 e. The van der Waals surface area contributed by atoms with Crippen LogP contribution in [0.15, 0.2) is 0 Å². The Balaban J connectivity index is 2.29. The molecule has 2 nitrogen and oxygen atoms in total. The van der Waals surface area contributed by atoms with Gasteiger partial charge in [0.2, 0.25) is 0 Å². The summed E-state index contributed by atoms with van der Waals surface area (Å²) >= 11 is 0. The maximum absolute atomic E-state index is 8.77. The quantitative estimate of drug-likeness (QED) is 0.406. The third kappa shape index (κ3) is 0.924. The van der Waals surface area contributed by atoms with E-state index in [0.717, 1.165) is 17.6 Å². The third-order valence-corrected chi connectivity index (χ3v) is 1.41. The van der Waals surface area contributed by atoms with E-state index in [2.05, 4.69) is 14.1 Å². The second-order valence-electron chi connectivity index (χ2n) is 2.95. The van der Waals surface area contributed by atoms with Crippen LogP contribution in [0.3, 0.4) is 0 Å². The minimum atomic E-state index is -0.0185. The number of rotatable bonds is 0. The van der Waals surface area contributed by atoms with Gasteiger partial charge in [0.05, 0.1) is 14.1 Å². The van der Waals surface area contributed by atoms with E-state index in [1.165, 1.54) is 0 Å². The van der Waals surface area contributed by atoms with Gasteiger partial charge < -0.3 is 9.59 Å². The van der Waals surface area contributed by atoms with Gasteiger partial charge in [0, 0.05) is 0 Å². The first kappa shape index (κ1) is 5.06. The Morgan fingerprint density at radius 3 is 1.86 bits per heavy atom. The predicted molar refractivity (Wildman–Crippen MR) is 27.8 cm³/mol. The van der Waals surface area contributed by atoms with E-state index in [0.29, 0.717) is 0 Å². The summed E-state index contributed by atoms with van der Waals surface area (Å²) in [7, 11) is 4.24. The Morgan fingerprint density at radius 1 is 1.43 bits per heavy atom. The maximum atomic E-state index is 8.77. The van der Waals surface area contributed by atoms with Crippen LogP contribution < -0.4 is 0 Å². The summed E-state index contributed by atoms with van der Waals surface area (Å²) in [6.07, 6.45) is -0.0185. The zero-order valence-corrected chi connectivity index (χ0v) is 4.89. The zero-order chi connectivity index (χ0) is 5.49. The Morgan fingerprint density at radius 2 is 1.86 bits per heavy atom. The average molecular weight is 102 g/mol. The van der Waals surface area contributed by atoms with Crippen LogP contribution >= 0.6 is 0 Å². The molecule has 0 radical (unpaired) electrons. The fourth-order valence-electron chi connectivity index (χ4n) is 1.09. The second kappa shape index (κ2) is 1.20. The SMILES string of the molecule is C[N+]1(C)CC(O)C1. The normalized spacial score (nSPS) is 29.6. The van der Waals surface area contributed by atoms with Crippen molar-refractivity contribution in [1.29, 1.82) is 0 Å². The standard InChI is InChI=1S/C5H12NO/c1-6(2)3-5(7)4-6/h5,7H,3-4H2,1-2H3/q+1. The summed E-state index contributed by atoms with van der Waals surface area (Å²) in [5.41, 5.74) is 0. The number of likely N-dealkylation sites (N-methyl/N-ethyl adjacent to an activating group) is 1. The van der Waals surface area contributed by atoms with Gasteiger partial charge in [0.15, 0.2) is 6.10 Å². The largest absolute Gasteiger partial charge is 0.382 e. The van der Waals surface area contributed by atoms with Crippen LogP contribution in [0.2, 0.25) is 0 Å². The number of aliphatic hydroxyl groups excluding tert-OH is 1. The Kier molecular flexibility index (Phi) is 0.869. The van der Waals surface area contributed by atoms with Crippen molar-refractivity contribution in [2.75, 3.05) is 27.2 Å². The number of hydrogen-bond acceptors (Lipinski definition) is 1.